The molecule has 0 nitrogen and oxygen atoms in total. The number of allylic oxidation sites excluding steroid dienone is 6. The van der Waals surface area contributed by atoms with Gasteiger partial charge < -0.3 is 0 Å². The molecule has 0 bridgehead atoms. The molecular weight excluding hydrogens is 188 g/mol. The van der Waals surface area contributed by atoms with Gasteiger partial charge in [-0.1, -0.05) is 53.2 Å². The van der Waals surface area contributed by atoms with E-state index in [1.54, 1.807) is 0 Å². The Kier molecular flexibility index (Phi) is 2.94. The van der Waals surface area contributed by atoms with E-state index in [2.05, 4.69) is 53.2 Å². The van der Waals surface area contributed by atoms with Crippen molar-refractivity contribution in [2.24, 2.45) is 5.92 Å². The quantitative estimate of drug-likeness (QED) is 0.606. The molecule has 0 fully saturated rings. The number of hydrogen-bond acceptors (Lipinski definition) is 0. The fraction of sp³-hybridized carbons (Fsp3) is 0.333. The van der Waals surface area contributed by atoms with E-state index in [1.165, 1.54) is 4.48 Å². The van der Waals surface area contributed by atoms with Crippen LogP contribution >= 0.6 is 15.9 Å². The minimum atomic E-state index is 0.579. The van der Waals surface area contributed by atoms with E-state index < -0.39 is 0 Å². The van der Waals surface area contributed by atoms with Gasteiger partial charge >= 0.3 is 0 Å². The summed E-state index contributed by atoms with van der Waals surface area (Å²) in [5.41, 5.74) is 0. The monoisotopic (exact) mass is 198 g/mol. The van der Waals surface area contributed by atoms with Gasteiger partial charge in [-0.15, -0.1) is 0 Å². The van der Waals surface area contributed by atoms with Gasteiger partial charge in [-0.25, -0.2) is 0 Å². The smallest absolute Gasteiger partial charge is 0.00846 e. The first kappa shape index (κ1) is 7.80. The highest BCUT2D eigenvalue weighted by Gasteiger charge is 2.04. The fourth-order valence-corrected chi connectivity index (χ4v) is 1.59. The lowest BCUT2D eigenvalue weighted by Crippen LogP contribution is -1.91. The van der Waals surface area contributed by atoms with Crippen LogP contribution in [0.5, 0.6) is 0 Å². The first-order chi connectivity index (χ1) is 4.84. The second-order valence-electron chi connectivity index (χ2n) is 2.34. The molecule has 0 saturated heterocycles. The van der Waals surface area contributed by atoms with Crippen LogP contribution in [0.2, 0.25) is 0 Å². The van der Waals surface area contributed by atoms with Crippen molar-refractivity contribution in [3.05, 3.63) is 34.9 Å². The molecule has 0 radical (unpaired) electrons. The zero-order valence-electron chi connectivity index (χ0n) is 6.05. The molecule has 0 aromatic carbocycles. The summed E-state index contributed by atoms with van der Waals surface area (Å²) in [6.45, 7) is 2.19. The van der Waals surface area contributed by atoms with E-state index in [-0.39, 0.29) is 0 Å². The third-order valence-electron chi connectivity index (χ3n) is 1.62. The summed E-state index contributed by atoms with van der Waals surface area (Å²) in [6.07, 6.45) is 11.7. The fourth-order valence-electron chi connectivity index (χ4n) is 0.957. The second-order valence-corrected chi connectivity index (χ2v) is 3.25. The summed E-state index contributed by atoms with van der Waals surface area (Å²) in [6, 6.07) is 0. The van der Waals surface area contributed by atoms with Crippen molar-refractivity contribution in [2.75, 3.05) is 0 Å². The molecule has 10 heavy (non-hydrogen) atoms. The molecule has 0 saturated carbocycles. The van der Waals surface area contributed by atoms with Gasteiger partial charge in [0.1, 0.15) is 0 Å². The van der Waals surface area contributed by atoms with E-state index in [9.17, 15) is 0 Å². The molecule has 1 unspecified atom stereocenters. The Bertz CT molecular complexity index is 187. The van der Waals surface area contributed by atoms with Gasteiger partial charge in [-0.05, 0) is 6.42 Å². The molecular formula is C9H11Br. The van der Waals surface area contributed by atoms with E-state index in [0.29, 0.717) is 5.92 Å². The Morgan fingerprint density at radius 3 is 2.90 bits per heavy atom. The van der Waals surface area contributed by atoms with Crippen LogP contribution in [-0.2, 0) is 0 Å². The summed E-state index contributed by atoms with van der Waals surface area (Å²) >= 11 is 3.52. The van der Waals surface area contributed by atoms with Crippen molar-refractivity contribution in [1.82, 2.24) is 0 Å². The maximum Gasteiger partial charge on any atom is 0.00846 e. The molecule has 0 aromatic rings. The zero-order chi connectivity index (χ0) is 7.40. The highest BCUT2D eigenvalue weighted by atomic mass is 79.9. The molecule has 1 atom stereocenters. The van der Waals surface area contributed by atoms with E-state index in [0.717, 1.165) is 6.42 Å². The Morgan fingerprint density at radius 2 is 2.20 bits per heavy atom. The predicted molar refractivity (Wildman–Crippen MR) is 49.1 cm³/mol. The van der Waals surface area contributed by atoms with Crippen molar-refractivity contribution in [3.8, 4) is 0 Å². The van der Waals surface area contributed by atoms with Crippen LogP contribution in [0.4, 0.5) is 0 Å². The van der Waals surface area contributed by atoms with Crippen LogP contribution in [0, 0.1) is 5.92 Å². The van der Waals surface area contributed by atoms with E-state index in [4.69, 9.17) is 0 Å². The van der Waals surface area contributed by atoms with Crippen LogP contribution in [0.1, 0.15) is 13.3 Å². The topological polar surface area (TPSA) is 0 Å². The van der Waals surface area contributed by atoms with Crippen molar-refractivity contribution in [1.29, 1.82) is 0 Å². The second kappa shape index (κ2) is 3.77. The maximum absolute atomic E-state index is 3.52. The summed E-state index contributed by atoms with van der Waals surface area (Å²) in [7, 11) is 0. The molecule has 0 heterocycles. The Balaban J connectivity index is 2.75. The van der Waals surface area contributed by atoms with Crippen molar-refractivity contribution in [2.45, 2.75) is 13.3 Å². The molecule has 0 aromatic heterocycles. The predicted octanol–water partition coefficient (Wildman–Crippen LogP) is 3.42. The Labute approximate surface area is 70.5 Å². The number of halogens is 1. The van der Waals surface area contributed by atoms with Crippen LogP contribution in [0.15, 0.2) is 34.9 Å². The SMILES string of the molecule is CCC1C=CC=CC=C1Br. The van der Waals surface area contributed by atoms with Gasteiger partial charge in [-0.3, -0.25) is 0 Å². The first-order valence-corrected chi connectivity index (χ1v) is 4.34. The average molecular weight is 199 g/mol. The van der Waals surface area contributed by atoms with Gasteiger partial charge in [0.05, 0.1) is 0 Å². The summed E-state index contributed by atoms with van der Waals surface area (Å²) < 4.78 is 1.28. The molecule has 1 aliphatic rings. The summed E-state index contributed by atoms with van der Waals surface area (Å²) in [4.78, 5) is 0. The van der Waals surface area contributed by atoms with Crippen LogP contribution in [0.3, 0.4) is 0 Å². The lowest BCUT2D eigenvalue weighted by Gasteiger charge is -2.05. The lowest BCUT2D eigenvalue weighted by atomic mass is 10.1. The molecule has 1 rings (SSSR count). The van der Waals surface area contributed by atoms with Gasteiger partial charge in [0.25, 0.3) is 0 Å². The molecule has 1 heteroatoms. The Morgan fingerprint density at radius 1 is 1.40 bits per heavy atom. The third-order valence-corrected chi connectivity index (χ3v) is 2.47. The molecule has 0 aliphatic heterocycles. The van der Waals surface area contributed by atoms with Crippen LogP contribution in [0.25, 0.3) is 0 Å². The summed E-state index contributed by atoms with van der Waals surface area (Å²) in [5.74, 6) is 0.579. The Hall–Kier alpha value is -0.300. The largest absolute Gasteiger partial charge is 0.0765 e. The van der Waals surface area contributed by atoms with Gasteiger partial charge in [0.2, 0.25) is 0 Å². The summed E-state index contributed by atoms with van der Waals surface area (Å²) in [5, 5.41) is 0. The minimum Gasteiger partial charge on any atom is -0.0765 e. The average Bonchev–Trinajstić information content (AvgIpc) is 2.13. The van der Waals surface area contributed by atoms with Crippen LogP contribution in [-0.4, -0.2) is 0 Å². The van der Waals surface area contributed by atoms with E-state index >= 15 is 0 Å². The first-order valence-electron chi connectivity index (χ1n) is 3.55. The maximum atomic E-state index is 3.52. The normalized spacial score (nSPS) is 24.2. The zero-order valence-corrected chi connectivity index (χ0v) is 7.64. The third kappa shape index (κ3) is 1.84. The highest BCUT2D eigenvalue weighted by Crippen LogP contribution is 2.23. The van der Waals surface area contributed by atoms with E-state index in [1.807, 2.05) is 0 Å². The van der Waals surface area contributed by atoms with Crippen molar-refractivity contribution >= 4 is 15.9 Å². The molecule has 1 aliphatic carbocycles. The minimum absolute atomic E-state index is 0.579. The van der Waals surface area contributed by atoms with Gasteiger partial charge in [0, 0.05) is 10.4 Å². The lowest BCUT2D eigenvalue weighted by molar-refractivity contribution is 0.767. The molecule has 54 valence electrons. The number of rotatable bonds is 1. The number of hydrogen-bond donors (Lipinski definition) is 0. The molecule has 0 amide bonds. The highest BCUT2D eigenvalue weighted by molar-refractivity contribution is 9.11. The van der Waals surface area contributed by atoms with Crippen molar-refractivity contribution < 1.29 is 0 Å². The molecule has 0 spiro atoms. The van der Waals surface area contributed by atoms with Crippen LogP contribution < -0.4 is 0 Å². The standard InChI is InChI=1S/C9H11Br/c1-2-8-6-4-3-5-7-9(8)10/h3-8H,2H2,1H3. The molecule has 0 N–H and O–H groups in total. The van der Waals surface area contributed by atoms with Crippen molar-refractivity contribution in [3.63, 3.8) is 0 Å². The van der Waals surface area contributed by atoms with Gasteiger partial charge in [0.15, 0.2) is 0 Å². The van der Waals surface area contributed by atoms with Gasteiger partial charge in [-0.2, -0.15) is 0 Å².